The fraction of sp³-hybridized carbons (Fsp3) is 0.235. The maximum atomic E-state index is 11.8. The molecule has 2 aromatic carbocycles. The van der Waals surface area contributed by atoms with Crippen LogP contribution in [0.15, 0.2) is 36.4 Å². The van der Waals surface area contributed by atoms with Gasteiger partial charge in [-0.3, -0.25) is 0 Å². The minimum atomic E-state index is -0.349. The van der Waals surface area contributed by atoms with Gasteiger partial charge in [-0.15, -0.1) is 0 Å². The van der Waals surface area contributed by atoms with Crippen LogP contribution in [0.25, 0.3) is 0 Å². The number of carbonyl (C=O) groups is 1. The average Bonchev–Trinajstić information content (AvgIpc) is 2.46. The van der Waals surface area contributed by atoms with E-state index in [0.717, 1.165) is 16.9 Å². The number of amides is 2. The summed E-state index contributed by atoms with van der Waals surface area (Å²) in [5.74, 6) is 0.797. The van der Waals surface area contributed by atoms with Gasteiger partial charge in [-0.05, 0) is 55.3 Å². The summed E-state index contributed by atoms with van der Waals surface area (Å²) in [6.07, 6.45) is 0. The average molecular weight is 353 g/mol. The van der Waals surface area contributed by atoms with E-state index >= 15 is 0 Å². The van der Waals surface area contributed by atoms with Crippen LogP contribution in [-0.4, -0.2) is 19.2 Å². The number of rotatable bonds is 5. The molecule has 0 spiro atoms. The Hall–Kier alpha value is -1.91. The first-order valence-electron chi connectivity index (χ1n) is 7.15. The highest BCUT2D eigenvalue weighted by Gasteiger charge is 2.05. The fourth-order valence-corrected chi connectivity index (χ4v) is 2.56. The van der Waals surface area contributed by atoms with Crippen molar-refractivity contribution in [3.05, 3.63) is 57.6 Å². The fourth-order valence-electron chi connectivity index (χ4n) is 2.11. The van der Waals surface area contributed by atoms with E-state index in [2.05, 4.69) is 16.7 Å². The summed E-state index contributed by atoms with van der Waals surface area (Å²) in [6, 6.07) is 10.5. The lowest BCUT2D eigenvalue weighted by Crippen LogP contribution is -2.32. The summed E-state index contributed by atoms with van der Waals surface area (Å²) < 4.78 is 5.62. The molecule has 0 unspecified atom stereocenters. The van der Waals surface area contributed by atoms with E-state index in [0.29, 0.717) is 28.9 Å². The van der Waals surface area contributed by atoms with Crippen molar-refractivity contribution in [3.8, 4) is 5.75 Å². The molecule has 122 valence electrons. The molecule has 23 heavy (non-hydrogen) atoms. The van der Waals surface area contributed by atoms with Crippen molar-refractivity contribution in [2.75, 3.05) is 18.5 Å². The molecule has 2 N–H and O–H groups in total. The number of anilines is 1. The normalized spacial score (nSPS) is 10.3. The number of benzene rings is 2. The zero-order valence-corrected chi connectivity index (χ0v) is 14.5. The van der Waals surface area contributed by atoms with Gasteiger partial charge in [0.15, 0.2) is 0 Å². The predicted molar refractivity (Wildman–Crippen MR) is 94.9 cm³/mol. The van der Waals surface area contributed by atoms with E-state index in [9.17, 15) is 4.79 Å². The smallest absolute Gasteiger partial charge is 0.319 e. The highest BCUT2D eigenvalue weighted by molar-refractivity contribution is 6.36. The summed E-state index contributed by atoms with van der Waals surface area (Å²) in [4.78, 5) is 11.8. The summed E-state index contributed by atoms with van der Waals surface area (Å²) in [6.45, 7) is 4.79. The van der Waals surface area contributed by atoms with Crippen molar-refractivity contribution in [3.63, 3.8) is 0 Å². The van der Waals surface area contributed by atoms with Gasteiger partial charge >= 0.3 is 6.03 Å². The molecule has 0 heterocycles. The standard InChI is InChI=1S/C17H18Cl2N2O2/c1-11-7-12(2)9-14(8-11)23-6-5-20-17(22)21-16-4-3-13(18)10-15(16)19/h3-4,7-10H,5-6H2,1-2H3,(H2,20,21,22). The Balaban J connectivity index is 1.76. The Kier molecular flexibility index (Phi) is 6.13. The molecular formula is C17H18Cl2N2O2. The maximum Gasteiger partial charge on any atom is 0.319 e. The molecule has 4 nitrogen and oxygen atoms in total. The molecule has 0 atom stereocenters. The van der Waals surface area contributed by atoms with Gasteiger partial charge in [-0.25, -0.2) is 4.79 Å². The molecule has 0 bridgehead atoms. The van der Waals surface area contributed by atoms with E-state index in [1.165, 1.54) is 0 Å². The number of aryl methyl sites for hydroxylation is 2. The quantitative estimate of drug-likeness (QED) is 0.758. The number of halogens is 2. The number of urea groups is 1. The van der Waals surface area contributed by atoms with E-state index in [1.54, 1.807) is 18.2 Å². The van der Waals surface area contributed by atoms with Crippen molar-refractivity contribution in [2.24, 2.45) is 0 Å². The van der Waals surface area contributed by atoms with Crippen LogP contribution < -0.4 is 15.4 Å². The second-order valence-corrected chi connectivity index (χ2v) is 6.02. The van der Waals surface area contributed by atoms with Crippen molar-refractivity contribution < 1.29 is 9.53 Å². The van der Waals surface area contributed by atoms with E-state index in [1.807, 2.05) is 26.0 Å². The Morgan fingerprint density at radius 2 is 1.78 bits per heavy atom. The molecule has 0 saturated carbocycles. The lowest BCUT2D eigenvalue weighted by Gasteiger charge is -2.11. The zero-order valence-electron chi connectivity index (χ0n) is 13.0. The Bertz CT molecular complexity index is 685. The highest BCUT2D eigenvalue weighted by atomic mass is 35.5. The first-order valence-corrected chi connectivity index (χ1v) is 7.90. The monoisotopic (exact) mass is 352 g/mol. The van der Waals surface area contributed by atoms with Crippen LogP contribution in [0.4, 0.5) is 10.5 Å². The minimum Gasteiger partial charge on any atom is -0.492 e. The molecule has 6 heteroatoms. The molecule has 0 aliphatic carbocycles. The first kappa shape index (κ1) is 17.4. The van der Waals surface area contributed by atoms with Crippen molar-refractivity contribution in [2.45, 2.75) is 13.8 Å². The largest absolute Gasteiger partial charge is 0.492 e. The topological polar surface area (TPSA) is 50.4 Å². The third kappa shape index (κ3) is 5.66. The third-order valence-corrected chi connectivity index (χ3v) is 3.58. The summed E-state index contributed by atoms with van der Waals surface area (Å²) in [5.41, 5.74) is 2.79. The zero-order chi connectivity index (χ0) is 16.8. The van der Waals surface area contributed by atoms with Gasteiger partial charge in [0.1, 0.15) is 12.4 Å². The lowest BCUT2D eigenvalue weighted by molar-refractivity contribution is 0.247. The molecule has 0 fully saturated rings. The summed E-state index contributed by atoms with van der Waals surface area (Å²) >= 11 is 11.8. The van der Waals surface area contributed by atoms with Gasteiger partial charge in [-0.1, -0.05) is 29.3 Å². The van der Waals surface area contributed by atoms with Gasteiger partial charge < -0.3 is 15.4 Å². The van der Waals surface area contributed by atoms with E-state index in [4.69, 9.17) is 27.9 Å². The van der Waals surface area contributed by atoms with Gasteiger partial charge in [0, 0.05) is 5.02 Å². The number of hydrogen-bond donors (Lipinski definition) is 2. The molecule has 0 aromatic heterocycles. The highest BCUT2D eigenvalue weighted by Crippen LogP contribution is 2.25. The van der Waals surface area contributed by atoms with Crippen molar-refractivity contribution in [1.29, 1.82) is 0 Å². The Labute approximate surface area is 145 Å². The first-order chi connectivity index (χ1) is 10.9. The van der Waals surface area contributed by atoms with E-state index in [-0.39, 0.29) is 6.03 Å². The summed E-state index contributed by atoms with van der Waals surface area (Å²) in [7, 11) is 0. The molecule has 2 rings (SSSR count). The molecule has 0 saturated heterocycles. The SMILES string of the molecule is Cc1cc(C)cc(OCCNC(=O)Nc2ccc(Cl)cc2Cl)c1. The van der Waals surface area contributed by atoms with Crippen LogP contribution >= 0.6 is 23.2 Å². The lowest BCUT2D eigenvalue weighted by atomic mass is 10.1. The number of ether oxygens (including phenoxy) is 1. The van der Waals surface area contributed by atoms with Gasteiger partial charge in [-0.2, -0.15) is 0 Å². The molecule has 0 aliphatic heterocycles. The number of hydrogen-bond acceptors (Lipinski definition) is 2. The van der Waals surface area contributed by atoms with Crippen LogP contribution in [0.5, 0.6) is 5.75 Å². The van der Waals surface area contributed by atoms with Crippen LogP contribution in [0.1, 0.15) is 11.1 Å². The maximum absolute atomic E-state index is 11.8. The van der Waals surface area contributed by atoms with Crippen LogP contribution in [0.3, 0.4) is 0 Å². The third-order valence-electron chi connectivity index (χ3n) is 3.03. The predicted octanol–water partition coefficient (Wildman–Crippen LogP) is 4.81. The van der Waals surface area contributed by atoms with Crippen molar-refractivity contribution >= 4 is 34.9 Å². The molecule has 2 amide bonds. The number of nitrogens with one attached hydrogen (secondary N) is 2. The second kappa shape index (κ2) is 8.09. The molecule has 0 radical (unpaired) electrons. The van der Waals surface area contributed by atoms with Crippen molar-refractivity contribution in [1.82, 2.24) is 5.32 Å². The van der Waals surface area contributed by atoms with Crippen LogP contribution in [0, 0.1) is 13.8 Å². The van der Waals surface area contributed by atoms with E-state index < -0.39 is 0 Å². The van der Waals surface area contributed by atoms with Gasteiger partial charge in [0.25, 0.3) is 0 Å². The number of carbonyl (C=O) groups excluding carboxylic acids is 1. The molecule has 0 aliphatic rings. The van der Waals surface area contributed by atoms with Gasteiger partial charge in [0.2, 0.25) is 0 Å². The Morgan fingerprint density at radius 1 is 1.09 bits per heavy atom. The Morgan fingerprint density at radius 3 is 2.43 bits per heavy atom. The molecular weight excluding hydrogens is 335 g/mol. The minimum absolute atomic E-state index is 0.349. The summed E-state index contributed by atoms with van der Waals surface area (Å²) in [5, 5.41) is 6.27. The second-order valence-electron chi connectivity index (χ2n) is 5.18. The van der Waals surface area contributed by atoms with Crippen LogP contribution in [-0.2, 0) is 0 Å². The molecule has 2 aromatic rings. The van der Waals surface area contributed by atoms with Crippen LogP contribution in [0.2, 0.25) is 10.0 Å². The van der Waals surface area contributed by atoms with Gasteiger partial charge in [0.05, 0.1) is 17.3 Å².